The minimum Gasteiger partial charge on any atom is -0.403 e. The van der Waals surface area contributed by atoms with Crippen LogP contribution in [0.2, 0.25) is 0 Å². The molecule has 2 rings (SSSR count). The van der Waals surface area contributed by atoms with Crippen LogP contribution < -0.4 is 5.32 Å². The maximum Gasteiger partial charge on any atom is 0.315 e. The molecular formula is C11H12BrN3O3S. The predicted octanol–water partition coefficient (Wildman–Crippen LogP) is 1.96. The third-order valence-electron chi connectivity index (χ3n) is 2.27. The molecule has 0 saturated carbocycles. The van der Waals surface area contributed by atoms with Crippen molar-refractivity contribution in [3.05, 3.63) is 28.7 Å². The van der Waals surface area contributed by atoms with E-state index in [9.17, 15) is 8.42 Å². The number of aromatic nitrogens is 2. The van der Waals surface area contributed by atoms with Crippen LogP contribution in [0.3, 0.4) is 0 Å². The molecule has 1 heterocycles. The van der Waals surface area contributed by atoms with E-state index in [2.05, 4.69) is 31.4 Å². The summed E-state index contributed by atoms with van der Waals surface area (Å²) in [6.07, 6.45) is 1.18. The zero-order valence-corrected chi connectivity index (χ0v) is 12.5. The second-order valence-corrected chi connectivity index (χ2v) is 7.15. The summed E-state index contributed by atoms with van der Waals surface area (Å²) in [6, 6.07) is 7.64. The highest BCUT2D eigenvalue weighted by Crippen LogP contribution is 2.21. The summed E-state index contributed by atoms with van der Waals surface area (Å²) in [4.78, 5) is 0. The highest BCUT2D eigenvalue weighted by molar-refractivity contribution is 9.10. The van der Waals surface area contributed by atoms with E-state index >= 15 is 0 Å². The summed E-state index contributed by atoms with van der Waals surface area (Å²) in [5, 5.41) is 10.5. The number of nitrogens with zero attached hydrogens (tertiary/aromatic N) is 2. The van der Waals surface area contributed by atoms with E-state index < -0.39 is 9.84 Å². The third-order valence-corrected chi connectivity index (χ3v) is 3.74. The first-order chi connectivity index (χ1) is 8.94. The van der Waals surface area contributed by atoms with Crippen LogP contribution in [-0.4, -0.2) is 37.2 Å². The number of rotatable bonds is 5. The van der Waals surface area contributed by atoms with E-state index in [0.717, 1.165) is 10.0 Å². The maximum absolute atomic E-state index is 11.0. The van der Waals surface area contributed by atoms with E-state index in [4.69, 9.17) is 4.42 Å². The highest BCUT2D eigenvalue weighted by atomic mass is 79.9. The quantitative estimate of drug-likeness (QED) is 0.891. The molecule has 0 aliphatic rings. The monoisotopic (exact) mass is 345 g/mol. The molecule has 1 aromatic heterocycles. The van der Waals surface area contributed by atoms with Crippen LogP contribution >= 0.6 is 15.9 Å². The molecule has 0 aliphatic heterocycles. The second-order valence-electron chi connectivity index (χ2n) is 3.98. The Hall–Kier alpha value is -1.41. The van der Waals surface area contributed by atoms with E-state index in [1.807, 2.05) is 24.3 Å². The average Bonchev–Trinajstić information content (AvgIpc) is 2.77. The van der Waals surface area contributed by atoms with Gasteiger partial charge in [0.25, 0.3) is 0 Å². The number of hydrogen-bond acceptors (Lipinski definition) is 6. The lowest BCUT2D eigenvalue weighted by Gasteiger charge is -1.99. The molecule has 0 fully saturated rings. The van der Waals surface area contributed by atoms with Crippen molar-refractivity contribution < 1.29 is 12.8 Å². The van der Waals surface area contributed by atoms with Crippen LogP contribution in [-0.2, 0) is 9.84 Å². The molecule has 0 spiro atoms. The zero-order valence-electron chi connectivity index (χ0n) is 10.1. The first-order valence-corrected chi connectivity index (χ1v) is 8.30. The zero-order chi connectivity index (χ0) is 13.9. The SMILES string of the molecule is CS(=O)(=O)CCNc1nnc(-c2ccc(Br)cc2)o1. The molecule has 0 amide bonds. The van der Waals surface area contributed by atoms with Gasteiger partial charge in [-0.3, -0.25) is 0 Å². The summed E-state index contributed by atoms with van der Waals surface area (Å²) in [7, 11) is -3.00. The lowest BCUT2D eigenvalue weighted by molar-refractivity contribution is 0.581. The summed E-state index contributed by atoms with van der Waals surface area (Å²) in [6.45, 7) is 0.237. The van der Waals surface area contributed by atoms with Crippen molar-refractivity contribution >= 4 is 31.8 Å². The van der Waals surface area contributed by atoms with Gasteiger partial charge in [-0.25, -0.2) is 8.42 Å². The first-order valence-electron chi connectivity index (χ1n) is 5.45. The molecule has 8 heteroatoms. The van der Waals surface area contributed by atoms with Gasteiger partial charge >= 0.3 is 6.01 Å². The Morgan fingerprint density at radius 2 is 1.95 bits per heavy atom. The average molecular weight is 346 g/mol. The van der Waals surface area contributed by atoms with Crippen LogP contribution in [0.5, 0.6) is 0 Å². The van der Waals surface area contributed by atoms with Gasteiger partial charge in [-0.2, -0.15) is 0 Å². The lowest BCUT2D eigenvalue weighted by atomic mass is 10.2. The van der Waals surface area contributed by atoms with Crippen molar-refractivity contribution in [3.63, 3.8) is 0 Å². The lowest BCUT2D eigenvalue weighted by Crippen LogP contribution is -2.14. The second kappa shape index (κ2) is 5.70. The van der Waals surface area contributed by atoms with E-state index in [1.54, 1.807) is 0 Å². The van der Waals surface area contributed by atoms with Crippen LogP contribution in [0.1, 0.15) is 0 Å². The summed E-state index contributed by atoms with van der Waals surface area (Å²) < 4.78 is 28.3. The normalized spacial score (nSPS) is 11.5. The number of benzene rings is 1. The van der Waals surface area contributed by atoms with Crippen LogP contribution in [0.15, 0.2) is 33.2 Å². The molecule has 0 atom stereocenters. The van der Waals surface area contributed by atoms with Gasteiger partial charge in [-0.15, -0.1) is 5.10 Å². The standard InChI is InChI=1S/C11H12BrN3O3S/c1-19(16,17)7-6-13-11-15-14-10(18-11)8-2-4-9(12)5-3-8/h2-5H,6-7H2,1H3,(H,13,15). The minimum absolute atomic E-state index is 0.0169. The summed E-state index contributed by atoms with van der Waals surface area (Å²) >= 11 is 3.34. The van der Waals surface area contributed by atoms with Crippen molar-refractivity contribution in [1.29, 1.82) is 0 Å². The van der Waals surface area contributed by atoms with Gasteiger partial charge in [-0.1, -0.05) is 21.0 Å². The van der Waals surface area contributed by atoms with Gasteiger partial charge in [0, 0.05) is 22.8 Å². The van der Waals surface area contributed by atoms with Gasteiger partial charge in [0.15, 0.2) is 0 Å². The van der Waals surface area contributed by atoms with E-state index in [-0.39, 0.29) is 18.3 Å². The molecule has 0 radical (unpaired) electrons. The first kappa shape index (κ1) is 14.0. The minimum atomic E-state index is -3.00. The molecule has 1 aromatic carbocycles. The molecule has 0 aliphatic carbocycles. The molecule has 0 bridgehead atoms. The Bertz CT molecular complexity index is 652. The Morgan fingerprint density at radius 3 is 2.58 bits per heavy atom. The van der Waals surface area contributed by atoms with E-state index in [0.29, 0.717) is 5.89 Å². The Balaban J connectivity index is 2.01. The number of anilines is 1. The van der Waals surface area contributed by atoms with Gasteiger partial charge in [0.05, 0.1) is 5.75 Å². The molecule has 19 heavy (non-hydrogen) atoms. The summed E-state index contributed by atoms with van der Waals surface area (Å²) in [5.41, 5.74) is 0.798. The van der Waals surface area contributed by atoms with Gasteiger partial charge < -0.3 is 9.73 Å². The largest absolute Gasteiger partial charge is 0.403 e. The number of nitrogens with one attached hydrogen (secondary N) is 1. The Kier molecular flexibility index (Phi) is 4.20. The smallest absolute Gasteiger partial charge is 0.315 e. The fourth-order valence-corrected chi connectivity index (χ4v) is 2.08. The van der Waals surface area contributed by atoms with Gasteiger partial charge in [-0.05, 0) is 24.3 Å². The molecule has 6 nitrogen and oxygen atoms in total. The number of halogens is 1. The van der Waals surface area contributed by atoms with Gasteiger partial charge in [0.1, 0.15) is 9.84 Å². The number of sulfone groups is 1. The topological polar surface area (TPSA) is 85.1 Å². The molecular weight excluding hydrogens is 334 g/mol. The summed E-state index contributed by atoms with van der Waals surface area (Å²) in [5.74, 6) is 0.401. The molecule has 102 valence electrons. The van der Waals surface area contributed by atoms with Gasteiger partial charge in [0.2, 0.25) is 5.89 Å². The fourth-order valence-electron chi connectivity index (χ4n) is 1.35. The third kappa shape index (κ3) is 4.32. The van der Waals surface area contributed by atoms with Crippen LogP contribution in [0.4, 0.5) is 6.01 Å². The van der Waals surface area contributed by atoms with Crippen LogP contribution in [0.25, 0.3) is 11.5 Å². The molecule has 2 aromatic rings. The van der Waals surface area contributed by atoms with Crippen molar-refractivity contribution in [2.24, 2.45) is 0 Å². The van der Waals surface area contributed by atoms with Crippen molar-refractivity contribution in [3.8, 4) is 11.5 Å². The Labute approximate surface area is 119 Å². The molecule has 1 N–H and O–H groups in total. The molecule has 0 saturated heterocycles. The van der Waals surface area contributed by atoms with Crippen LogP contribution in [0, 0.1) is 0 Å². The number of hydrogen-bond donors (Lipinski definition) is 1. The fraction of sp³-hybridized carbons (Fsp3) is 0.273. The highest BCUT2D eigenvalue weighted by Gasteiger charge is 2.09. The van der Waals surface area contributed by atoms with Crippen molar-refractivity contribution in [1.82, 2.24) is 10.2 Å². The van der Waals surface area contributed by atoms with E-state index in [1.165, 1.54) is 6.26 Å². The predicted molar refractivity (Wildman–Crippen MR) is 75.6 cm³/mol. The Morgan fingerprint density at radius 1 is 1.26 bits per heavy atom. The maximum atomic E-state index is 11.0. The van der Waals surface area contributed by atoms with Crippen molar-refractivity contribution in [2.45, 2.75) is 0 Å². The molecule has 0 unspecified atom stereocenters. The van der Waals surface area contributed by atoms with Crippen molar-refractivity contribution in [2.75, 3.05) is 23.9 Å².